The molecule has 3 saturated heterocycles. The molecule has 6 rings (SSSR count). The Labute approximate surface area is 161 Å². The van der Waals surface area contributed by atoms with E-state index in [1.54, 1.807) is 0 Å². The molecule has 140 valence electrons. The lowest BCUT2D eigenvalue weighted by Gasteiger charge is -2.50. The van der Waals surface area contributed by atoms with Crippen LogP contribution in [0.25, 0.3) is 22.2 Å². The Bertz CT molecular complexity index is 962. The molecule has 2 N–H and O–H groups in total. The Balaban J connectivity index is 1.38. The Morgan fingerprint density at radius 3 is 2.63 bits per heavy atom. The lowest BCUT2D eigenvalue weighted by Crippen LogP contribution is -2.59. The van der Waals surface area contributed by atoms with Gasteiger partial charge in [0.1, 0.15) is 0 Å². The van der Waals surface area contributed by atoms with Gasteiger partial charge in [0.05, 0.1) is 17.6 Å². The number of hydrogen-bond acceptors (Lipinski definition) is 3. The highest BCUT2D eigenvalue weighted by Gasteiger charge is 2.39. The number of H-pyrrole nitrogens is 1. The highest BCUT2D eigenvalue weighted by atomic mass is 15.2. The van der Waals surface area contributed by atoms with Crippen LogP contribution in [0.4, 0.5) is 5.69 Å². The van der Waals surface area contributed by atoms with Crippen LogP contribution in [0.3, 0.4) is 0 Å². The van der Waals surface area contributed by atoms with Crippen LogP contribution in [0.15, 0.2) is 36.5 Å². The van der Waals surface area contributed by atoms with Gasteiger partial charge in [0, 0.05) is 34.2 Å². The highest BCUT2D eigenvalue weighted by molar-refractivity contribution is 5.88. The number of fused-ring (bicyclic) bond motifs is 4. The predicted molar refractivity (Wildman–Crippen MR) is 112 cm³/mol. The zero-order chi connectivity index (χ0) is 18.5. The summed E-state index contributed by atoms with van der Waals surface area (Å²) in [4.78, 5) is 10.8. The van der Waals surface area contributed by atoms with E-state index in [4.69, 9.17) is 4.98 Å². The number of rotatable bonds is 3. The van der Waals surface area contributed by atoms with Crippen LogP contribution in [0.1, 0.15) is 31.0 Å². The van der Waals surface area contributed by atoms with Gasteiger partial charge in [-0.1, -0.05) is 6.07 Å². The predicted octanol–water partition coefficient (Wildman–Crippen LogP) is 4.74. The zero-order valence-corrected chi connectivity index (χ0v) is 16.4. The van der Waals surface area contributed by atoms with Gasteiger partial charge in [0.25, 0.3) is 0 Å². The third kappa shape index (κ3) is 2.83. The molecule has 2 aromatic heterocycles. The molecule has 3 aliphatic heterocycles. The fraction of sp³-hybridized carbons (Fsp3) is 0.435. The molecule has 27 heavy (non-hydrogen) atoms. The van der Waals surface area contributed by atoms with Gasteiger partial charge in [-0.3, -0.25) is 9.88 Å². The van der Waals surface area contributed by atoms with Crippen molar-refractivity contribution in [2.45, 2.75) is 45.7 Å². The number of hydrogen-bond donors (Lipinski definition) is 2. The van der Waals surface area contributed by atoms with E-state index in [9.17, 15) is 0 Å². The molecule has 5 heterocycles. The number of anilines is 1. The summed E-state index contributed by atoms with van der Waals surface area (Å²) >= 11 is 0. The maximum atomic E-state index is 4.76. The van der Waals surface area contributed by atoms with Crippen LogP contribution in [0, 0.1) is 19.8 Å². The molecule has 1 aromatic carbocycles. The summed E-state index contributed by atoms with van der Waals surface area (Å²) in [7, 11) is 0. The molecule has 0 saturated carbocycles. The van der Waals surface area contributed by atoms with E-state index in [-0.39, 0.29) is 0 Å². The van der Waals surface area contributed by atoms with Crippen molar-refractivity contribution < 1.29 is 0 Å². The molecule has 0 spiro atoms. The maximum absolute atomic E-state index is 4.76. The molecule has 4 heteroatoms. The summed E-state index contributed by atoms with van der Waals surface area (Å²) in [5.74, 6) is 0.798. The Morgan fingerprint density at radius 1 is 1.11 bits per heavy atom. The second kappa shape index (κ2) is 6.38. The molecule has 2 atom stereocenters. The highest BCUT2D eigenvalue weighted by Crippen LogP contribution is 2.34. The van der Waals surface area contributed by atoms with Gasteiger partial charge >= 0.3 is 0 Å². The minimum Gasteiger partial charge on any atom is -0.379 e. The molecule has 3 aliphatic rings. The van der Waals surface area contributed by atoms with Crippen LogP contribution < -0.4 is 5.32 Å². The van der Waals surface area contributed by atoms with Crippen molar-refractivity contribution in [3.8, 4) is 11.3 Å². The van der Waals surface area contributed by atoms with E-state index < -0.39 is 0 Å². The number of aromatic amines is 1. The van der Waals surface area contributed by atoms with Gasteiger partial charge < -0.3 is 10.3 Å². The number of benzene rings is 1. The quantitative estimate of drug-likeness (QED) is 0.709. The smallest absolute Gasteiger partial charge is 0.0703 e. The number of nitrogens with one attached hydrogen (secondary N) is 2. The monoisotopic (exact) mass is 360 g/mol. The largest absolute Gasteiger partial charge is 0.379 e. The molecular formula is C23H28N4. The van der Waals surface area contributed by atoms with Gasteiger partial charge in [0.2, 0.25) is 0 Å². The SMILES string of the molecule is Cc1[nH]c2ccc(-c3ccc(N[C@H]4C5CCN(CC5)[C@@H]4C)cn3)cc2c1C. The van der Waals surface area contributed by atoms with Gasteiger partial charge in [-0.15, -0.1) is 0 Å². The minimum absolute atomic E-state index is 0.544. The summed E-state index contributed by atoms with van der Waals surface area (Å²) in [6.45, 7) is 9.20. The number of aromatic nitrogens is 2. The molecule has 0 amide bonds. The topological polar surface area (TPSA) is 44.0 Å². The van der Waals surface area contributed by atoms with Gasteiger partial charge in [-0.05, 0) is 82.4 Å². The molecular weight excluding hydrogens is 332 g/mol. The van der Waals surface area contributed by atoms with Crippen molar-refractivity contribution in [3.05, 3.63) is 47.8 Å². The van der Waals surface area contributed by atoms with E-state index in [0.717, 1.165) is 17.3 Å². The zero-order valence-electron chi connectivity index (χ0n) is 16.4. The first-order valence-corrected chi connectivity index (χ1v) is 10.2. The van der Waals surface area contributed by atoms with E-state index in [2.05, 4.69) is 66.3 Å². The molecule has 0 aliphatic carbocycles. The molecule has 0 radical (unpaired) electrons. The van der Waals surface area contributed by atoms with E-state index in [1.807, 2.05) is 6.20 Å². The third-order valence-electron chi connectivity index (χ3n) is 6.88. The van der Waals surface area contributed by atoms with Crippen molar-refractivity contribution in [1.29, 1.82) is 0 Å². The first kappa shape index (κ1) is 16.8. The van der Waals surface area contributed by atoms with Crippen LogP contribution in [-0.4, -0.2) is 40.0 Å². The number of pyridine rings is 1. The van der Waals surface area contributed by atoms with Gasteiger partial charge in [0.15, 0.2) is 0 Å². The van der Waals surface area contributed by atoms with Crippen LogP contribution in [-0.2, 0) is 0 Å². The molecule has 3 fully saturated rings. The maximum Gasteiger partial charge on any atom is 0.0703 e. The Morgan fingerprint density at radius 2 is 1.93 bits per heavy atom. The molecule has 3 aromatic rings. The van der Waals surface area contributed by atoms with E-state index >= 15 is 0 Å². The second-order valence-corrected chi connectivity index (χ2v) is 8.35. The van der Waals surface area contributed by atoms with Crippen LogP contribution in [0.5, 0.6) is 0 Å². The van der Waals surface area contributed by atoms with Crippen molar-refractivity contribution in [3.63, 3.8) is 0 Å². The average Bonchev–Trinajstić information content (AvgIpc) is 2.99. The summed E-state index contributed by atoms with van der Waals surface area (Å²) in [6.07, 6.45) is 4.64. The first-order chi connectivity index (χ1) is 13.1. The number of aryl methyl sites for hydroxylation is 2. The lowest BCUT2D eigenvalue weighted by molar-refractivity contribution is 0.0458. The standard InChI is InChI=1S/C23H28N4/c1-14-15(2)25-22-6-4-18(12-20(14)22)21-7-5-19(13-24-21)26-23-16(3)27-10-8-17(23)9-11-27/h4-7,12-13,16-17,23,25-26H,8-11H2,1-3H3/t16-,23-/m1/s1. The lowest BCUT2D eigenvalue weighted by atomic mass is 9.79. The van der Waals surface area contributed by atoms with Crippen molar-refractivity contribution in [2.24, 2.45) is 5.92 Å². The Hall–Kier alpha value is -2.33. The number of piperidine rings is 3. The Kier molecular flexibility index (Phi) is 3.97. The molecule has 0 unspecified atom stereocenters. The molecule has 4 nitrogen and oxygen atoms in total. The van der Waals surface area contributed by atoms with Gasteiger partial charge in [-0.25, -0.2) is 0 Å². The van der Waals surface area contributed by atoms with E-state index in [1.165, 1.54) is 53.7 Å². The summed E-state index contributed by atoms with van der Waals surface area (Å²) in [5, 5.41) is 5.06. The fourth-order valence-corrected chi connectivity index (χ4v) is 5.01. The third-order valence-corrected chi connectivity index (χ3v) is 6.88. The van der Waals surface area contributed by atoms with Crippen molar-refractivity contribution in [2.75, 3.05) is 18.4 Å². The minimum atomic E-state index is 0.544. The van der Waals surface area contributed by atoms with Crippen molar-refractivity contribution in [1.82, 2.24) is 14.9 Å². The van der Waals surface area contributed by atoms with Crippen molar-refractivity contribution >= 4 is 16.6 Å². The summed E-state index contributed by atoms with van der Waals surface area (Å²) in [6, 6.07) is 12.0. The fourth-order valence-electron chi connectivity index (χ4n) is 5.01. The average molecular weight is 361 g/mol. The van der Waals surface area contributed by atoms with E-state index in [0.29, 0.717) is 12.1 Å². The van der Waals surface area contributed by atoms with Gasteiger partial charge in [-0.2, -0.15) is 0 Å². The van der Waals surface area contributed by atoms with Crippen LogP contribution >= 0.6 is 0 Å². The summed E-state index contributed by atoms with van der Waals surface area (Å²) in [5.41, 5.74) is 7.10. The summed E-state index contributed by atoms with van der Waals surface area (Å²) < 4.78 is 0. The normalized spacial score (nSPS) is 27.2. The van der Waals surface area contributed by atoms with Crippen LogP contribution in [0.2, 0.25) is 0 Å². The first-order valence-electron chi connectivity index (χ1n) is 10.2. The second-order valence-electron chi connectivity index (χ2n) is 8.35. The number of nitrogens with zero attached hydrogens (tertiary/aromatic N) is 2. The molecule has 2 bridgehead atoms.